The largest absolute Gasteiger partial charge is 0.356 e. The second-order valence-electron chi connectivity index (χ2n) is 6.47. The third-order valence-corrected chi connectivity index (χ3v) is 4.50. The first kappa shape index (κ1) is 18.4. The van der Waals surface area contributed by atoms with E-state index in [1.165, 1.54) is 25.0 Å². The number of halogens is 1. The van der Waals surface area contributed by atoms with E-state index in [-0.39, 0.29) is 23.5 Å². The van der Waals surface area contributed by atoms with Crippen LogP contribution in [0.5, 0.6) is 0 Å². The fourth-order valence-corrected chi connectivity index (χ4v) is 2.99. The number of carbonyl (C=O) groups is 2. The number of amides is 2. The van der Waals surface area contributed by atoms with Gasteiger partial charge in [-0.2, -0.15) is 0 Å². The second kappa shape index (κ2) is 9.40. The highest BCUT2D eigenvalue weighted by Crippen LogP contribution is 2.18. The van der Waals surface area contributed by atoms with Gasteiger partial charge in [0.25, 0.3) is 0 Å². The quantitative estimate of drug-likeness (QED) is 0.706. The maximum atomic E-state index is 12.9. The molecule has 2 rings (SSSR count). The molecule has 0 aliphatic carbocycles. The van der Waals surface area contributed by atoms with Gasteiger partial charge in [-0.3, -0.25) is 9.59 Å². The Morgan fingerprint density at radius 2 is 2.00 bits per heavy atom. The standard InChI is InChI=1S/C19H27FN2O2/c1-2-3-4-5-11-21-19(24)16-13-18(23)22(14-16)12-10-15-6-8-17(20)9-7-15/h6-9,16H,2-5,10-14H2,1H3,(H,21,24)/t16-/m0/s1. The smallest absolute Gasteiger partial charge is 0.225 e. The van der Waals surface area contributed by atoms with Crippen molar-refractivity contribution in [3.8, 4) is 0 Å². The molecule has 0 spiro atoms. The minimum absolute atomic E-state index is 0.0101. The van der Waals surface area contributed by atoms with Crippen LogP contribution in [0.1, 0.15) is 44.6 Å². The van der Waals surface area contributed by atoms with Crippen molar-refractivity contribution >= 4 is 11.8 Å². The van der Waals surface area contributed by atoms with Gasteiger partial charge >= 0.3 is 0 Å². The predicted octanol–water partition coefficient (Wildman–Crippen LogP) is 2.91. The highest BCUT2D eigenvalue weighted by atomic mass is 19.1. The average Bonchev–Trinajstić information content (AvgIpc) is 2.95. The minimum Gasteiger partial charge on any atom is -0.356 e. The molecule has 1 fully saturated rings. The van der Waals surface area contributed by atoms with E-state index < -0.39 is 0 Å². The first-order chi connectivity index (χ1) is 11.6. The van der Waals surface area contributed by atoms with E-state index in [2.05, 4.69) is 12.2 Å². The second-order valence-corrected chi connectivity index (χ2v) is 6.47. The van der Waals surface area contributed by atoms with Crippen molar-refractivity contribution in [1.29, 1.82) is 0 Å². The van der Waals surface area contributed by atoms with Crippen molar-refractivity contribution in [1.82, 2.24) is 10.2 Å². The normalized spacial score (nSPS) is 17.3. The average molecular weight is 334 g/mol. The van der Waals surface area contributed by atoms with Crippen LogP contribution >= 0.6 is 0 Å². The van der Waals surface area contributed by atoms with E-state index in [0.29, 0.717) is 32.5 Å². The lowest BCUT2D eigenvalue weighted by atomic mass is 10.1. The summed E-state index contributed by atoms with van der Waals surface area (Å²) in [6, 6.07) is 6.32. The van der Waals surface area contributed by atoms with Crippen molar-refractivity contribution in [3.05, 3.63) is 35.6 Å². The van der Waals surface area contributed by atoms with Crippen LogP contribution < -0.4 is 5.32 Å². The van der Waals surface area contributed by atoms with Crippen molar-refractivity contribution in [2.75, 3.05) is 19.6 Å². The lowest BCUT2D eigenvalue weighted by Crippen LogP contribution is -2.34. The molecule has 5 heteroatoms. The Morgan fingerprint density at radius 3 is 2.71 bits per heavy atom. The van der Waals surface area contributed by atoms with Gasteiger partial charge in [-0.1, -0.05) is 38.3 Å². The summed E-state index contributed by atoms with van der Waals surface area (Å²) in [5.74, 6) is -0.476. The van der Waals surface area contributed by atoms with E-state index in [1.807, 2.05) is 0 Å². The number of benzene rings is 1. The summed E-state index contributed by atoms with van der Waals surface area (Å²) >= 11 is 0. The highest BCUT2D eigenvalue weighted by molar-refractivity contribution is 5.89. The number of rotatable bonds is 9. The van der Waals surface area contributed by atoms with E-state index in [1.54, 1.807) is 17.0 Å². The fraction of sp³-hybridized carbons (Fsp3) is 0.579. The molecule has 4 nitrogen and oxygen atoms in total. The van der Waals surface area contributed by atoms with Crippen LogP contribution in [0.25, 0.3) is 0 Å². The highest BCUT2D eigenvalue weighted by Gasteiger charge is 2.33. The van der Waals surface area contributed by atoms with Gasteiger partial charge in [0, 0.05) is 26.1 Å². The molecule has 2 amide bonds. The van der Waals surface area contributed by atoms with Crippen LogP contribution in [0, 0.1) is 11.7 Å². The van der Waals surface area contributed by atoms with Gasteiger partial charge in [0.15, 0.2) is 0 Å². The van der Waals surface area contributed by atoms with Gasteiger partial charge in [0.2, 0.25) is 11.8 Å². The Bertz CT molecular complexity index is 545. The van der Waals surface area contributed by atoms with Gasteiger partial charge in [-0.25, -0.2) is 4.39 Å². The molecule has 1 atom stereocenters. The Hall–Kier alpha value is -1.91. The molecule has 1 saturated heterocycles. The van der Waals surface area contributed by atoms with E-state index in [4.69, 9.17) is 0 Å². The van der Waals surface area contributed by atoms with Crippen molar-refractivity contribution in [2.45, 2.75) is 45.4 Å². The lowest BCUT2D eigenvalue weighted by molar-refractivity contribution is -0.129. The number of hydrogen-bond donors (Lipinski definition) is 1. The molecule has 0 unspecified atom stereocenters. The summed E-state index contributed by atoms with van der Waals surface area (Å²) in [4.78, 5) is 26.0. The van der Waals surface area contributed by atoms with Crippen molar-refractivity contribution in [2.24, 2.45) is 5.92 Å². The third kappa shape index (κ3) is 5.62. The number of likely N-dealkylation sites (tertiary alicyclic amines) is 1. The summed E-state index contributed by atoms with van der Waals surface area (Å²) < 4.78 is 12.9. The number of nitrogens with zero attached hydrogens (tertiary/aromatic N) is 1. The molecule has 24 heavy (non-hydrogen) atoms. The summed E-state index contributed by atoms with van der Waals surface area (Å²) in [5, 5.41) is 2.95. The van der Waals surface area contributed by atoms with Gasteiger partial charge in [-0.05, 0) is 30.5 Å². The minimum atomic E-state index is -0.258. The van der Waals surface area contributed by atoms with Crippen LogP contribution in [-0.2, 0) is 16.0 Å². The van der Waals surface area contributed by atoms with Crippen LogP contribution in [0.4, 0.5) is 4.39 Å². The summed E-state index contributed by atoms with van der Waals surface area (Å²) in [6.07, 6.45) is 5.46. The Kier molecular flexibility index (Phi) is 7.22. The van der Waals surface area contributed by atoms with Gasteiger partial charge in [0.1, 0.15) is 5.82 Å². The number of unbranched alkanes of at least 4 members (excludes halogenated alkanes) is 3. The van der Waals surface area contributed by atoms with E-state index in [0.717, 1.165) is 18.4 Å². The summed E-state index contributed by atoms with van der Waals surface area (Å²) in [6.45, 7) is 3.91. The van der Waals surface area contributed by atoms with Crippen molar-refractivity contribution < 1.29 is 14.0 Å². The molecule has 1 N–H and O–H groups in total. The zero-order valence-electron chi connectivity index (χ0n) is 14.4. The molecule has 0 radical (unpaired) electrons. The molecule has 0 bridgehead atoms. The molecule has 1 aromatic rings. The first-order valence-electron chi connectivity index (χ1n) is 8.90. The molecule has 1 heterocycles. The van der Waals surface area contributed by atoms with Crippen LogP contribution in [0.2, 0.25) is 0 Å². The first-order valence-corrected chi connectivity index (χ1v) is 8.90. The Balaban J connectivity index is 1.72. The number of carbonyl (C=O) groups excluding carboxylic acids is 2. The topological polar surface area (TPSA) is 49.4 Å². The number of hydrogen-bond acceptors (Lipinski definition) is 2. The SMILES string of the molecule is CCCCCCNC(=O)[C@H]1CC(=O)N(CCc2ccc(F)cc2)C1. The van der Waals surface area contributed by atoms with Crippen molar-refractivity contribution in [3.63, 3.8) is 0 Å². The third-order valence-electron chi connectivity index (χ3n) is 4.50. The van der Waals surface area contributed by atoms with Gasteiger partial charge < -0.3 is 10.2 Å². The zero-order chi connectivity index (χ0) is 17.4. The van der Waals surface area contributed by atoms with Gasteiger partial charge in [0.05, 0.1) is 5.92 Å². The Labute approximate surface area is 143 Å². The van der Waals surface area contributed by atoms with Gasteiger partial charge in [-0.15, -0.1) is 0 Å². The summed E-state index contributed by atoms with van der Waals surface area (Å²) in [5.41, 5.74) is 0.994. The lowest BCUT2D eigenvalue weighted by Gasteiger charge is -2.16. The van der Waals surface area contributed by atoms with E-state index >= 15 is 0 Å². The molecule has 132 valence electrons. The molecule has 1 aliphatic rings. The maximum Gasteiger partial charge on any atom is 0.225 e. The molecular weight excluding hydrogens is 307 g/mol. The van der Waals surface area contributed by atoms with Crippen LogP contribution in [0.15, 0.2) is 24.3 Å². The molecule has 0 saturated carbocycles. The maximum absolute atomic E-state index is 12.9. The number of nitrogens with one attached hydrogen (secondary N) is 1. The Morgan fingerprint density at radius 1 is 1.25 bits per heavy atom. The van der Waals surface area contributed by atoms with Crippen LogP contribution in [0.3, 0.4) is 0 Å². The zero-order valence-corrected chi connectivity index (χ0v) is 14.4. The molecule has 1 aliphatic heterocycles. The van der Waals surface area contributed by atoms with Crippen LogP contribution in [-0.4, -0.2) is 36.3 Å². The predicted molar refractivity (Wildman–Crippen MR) is 91.9 cm³/mol. The molecule has 0 aromatic heterocycles. The molecular formula is C19H27FN2O2. The fourth-order valence-electron chi connectivity index (χ4n) is 2.99. The monoisotopic (exact) mass is 334 g/mol. The van der Waals surface area contributed by atoms with E-state index in [9.17, 15) is 14.0 Å². The molecule has 1 aromatic carbocycles. The summed E-state index contributed by atoms with van der Waals surface area (Å²) in [7, 11) is 0.